The maximum Gasteiger partial charge on any atom is 0.0641 e. The molecule has 1 aromatic rings. The van der Waals surface area contributed by atoms with Gasteiger partial charge in [-0.1, -0.05) is 24.6 Å². The highest BCUT2D eigenvalue weighted by atomic mass is 35.5. The second kappa shape index (κ2) is 9.22. The zero-order valence-corrected chi connectivity index (χ0v) is 13.6. The average Bonchev–Trinajstić information content (AvgIpc) is 2.45. The molecule has 0 aromatic heterocycles. The molecule has 4 heteroatoms. The van der Waals surface area contributed by atoms with E-state index in [-0.39, 0.29) is 6.04 Å². The minimum atomic E-state index is 0.195. The van der Waals surface area contributed by atoms with Crippen LogP contribution in [0.25, 0.3) is 0 Å². The van der Waals surface area contributed by atoms with Gasteiger partial charge < -0.3 is 15.4 Å². The second-order valence-electron chi connectivity index (χ2n) is 4.92. The molecule has 2 N–H and O–H groups in total. The van der Waals surface area contributed by atoms with E-state index < -0.39 is 0 Å². The van der Waals surface area contributed by atoms with Crippen molar-refractivity contribution in [3.05, 3.63) is 28.8 Å². The largest absolute Gasteiger partial charge is 0.380 e. The van der Waals surface area contributed by atoms with E-state index in [1.807, 2.05) is 19.1 Å². The van der Waals surface area contributed by atoms with Crippen LogP contribution in [-0.2, 0) is 11.2 Å². The molecule has 0 amide bonds. The van der Waals surface area contributed by atoms with Gasteiger partial charge in [-0.15, -0.1) is 0 Å². The fourth-order valence-electron chi connectivity index (χ4n) is 2.20. The van der Waals surface area contributed by atoms with Crippen molar-refractivity contribution in [2.24, 2.45) is 5.73 Å². The summed E-state index contributed by atoms with van der Waals surface area (Å²) in [6, 6.07) is 6.27. The molecule has 3 nitrogen and oxygen atoms in total. The zero-order chi connectivity index (χ0) is 15.0. The summed E-state index contributed by atoms with van der Waals surface area (Å²) in [7, 11) is 0. The van der Waals surface area contributed by atoms with Crippen LogP contribution in [0.2, 0.25) is 5.02 Å². The second-order valence-corrected chi connectivity index (χ2v) is 5.36. The first-order valence-electron chi connectivity index (χ1n) is 7.49. The van der Waals surface area contributed by atoms with Crippen LogP contribution in [0.5, 0.6) is 0 Å². The number of nitrogens with two attached hydrogens (primary N) is 1. The van der Waals surface area contributed by atoms with Crippen molar-refractivity contribution in [1.29, 1.82) is 0 Å². The first-order chi connectivity index (χ1) is 9.62. The molecule has 0 saturated heterocycles. The number of anilines is 1. The molecule has 0 aliphatic carbocycles. The first kappa shape index (κ1) is 17.3. The van der Waals surface area contributed by atoms with Gasteiger partial charge in [0.25, 0.3) is 0 Å². The van der Waals surface area contributed by atoms with Gasteiger partial charge in [-0.3, -0.25) is 0 Å². The van der Waals surface area contributed by atoms with Crippen molar-refractivity contribution in [3.8, 4) is 0 Å². The van der Waals surface area contributed by atoms with Gasteiger partial charge in [-0.2, -0.15) is 0 Å². The van der Waals surface area contributed by atoms with Gasteiger partial charge in [0, 0.05) is 36.4 Å². The molecule has 1 aromatic carbocycles. The highest BCUT2D eigenvalue weighted by molar-refractivity contribution is 6.30. The molecule has 1 rings (SSSR count). The molecule has 20 heavy (non-hydrogen) atoms. The number of benzene rings is 1. The zero-order valence-electron chi connectivity index (χ0n) is 12.9. The van der Waals surface area contributed by atoms with E-state index in [0.717, 1.165) is 44.2 Å². The van der Waals surface area contributed by atoms with E-state index in [2.05, 4.69) is 24.8 Å². The molecule has 0 aliphatic heterocycles. The molecule has 114 valence electrons. The van der Waals surface area contributed by atoms with Crippen molar-refractivity contribution < 1.29 is 4.74 Å². The van der Waals surface area contributed by atoms with Gasteiger partial charge in [0.1, 0.15) is 0 Å². The summed E-state index contributed by atoms with van der Waals surface area (Å²) in [4.78, 5) is 2.30. The maximum absolute atomic E-state index is 6.16. The number of likely N-dealkylation sites (N-methyl/N-ethyl adjacent to an activating group) is 1. The van der Waals surface area contributed by atoms with Crippen LogP contribution in [0.15, 0.2) is 18.2 Å². The smallest absolute Gasteiger partial charge is 0.0641 e. The Morgan fingerprint density at radius 2 is 2.05 bits per heavy atom. The van der Waals surface area contributed by atoms with Crippen LogP contribution in [0.3, 0.4) is 0 Å². The average molecular weight is 299 g/mol. The van der Waals surface area contributed by atoms with Gasteiger partial charge in [0.05, 0.1) is 6.61 Å². The van der Waals surface area contributed by atoms with E-state index in [1.165, 1.54) is 11.3 Å². The van der Waals surface area contributed by atoms with Gasteiger partial charge in [0.15, 0.2) is 0 Å². The van der Waals surface area contributed by atoms with Crippen molar-refractivity contribution in [3.63, 3.8) is 0 Å². The predicted molar refractivity (Wildman–Crippen MR) is 87.8 cm³/mol. The van der Waals surface area contributed by atoms with Crippen LogP contribution in [0.1, 0.15) is 32.8 Å². The van der Waals surface area contributed by atoms with Crippen LogP contribution in [-0.4, -0.2) is 32.3 Å². The highest BCUT2D eigenvalue weighted by Crippen LogP contribution is 2.26. The Bertz CT molecular complexity index is 398. The maximum atomic E-state index is 6.16. The van der Waals surface area contributed by atoms with Crippen LogP contribution in [0, 0.1) is 0 Å². The topological polar surface area (TPSA) is 38.5 Å². The van der Waals surface area contributed by atoms with E-state index in [9.17, 15) is 0 Å². The van der Waals surface area contributed by atoms with E-state index in [1.54, 1.807) is 0 Å². The molecule has 0 bridgehead atoms. The van der Waals surface area contributed by atoms with Crippen LogP contribution in [0.4, 0.5) is 5.69 Å². The number of rotatable bonds is 9. The lowest BCUT2D eigenvalue weighted by molar-refractivity contribution is 0.154. The Morgan fingerprint density at radius 3 is 2.65 bits per heavy atom. The summed E-state index contributed by atoms with van der Waals surface area (Å²) in [5.41, 5.74) is 8.55. The predicted octanol–water partition coefficient (Wildman–Crippen LogP) is 3.48. The number of ether oxygens (including phenoxy) is 1. The van der Waals surface area contributed by atoms with E-state index in [0.29, 0.717) is 0 Å². The fourth-order valence-corrected chi connectivity index (χ4v) is 2.37. The molecular weight excluding hydrogens is 272 g/mol. The lowest BCUT2D eigenvalue weighted by Gasteiger charge is -2.26. The summed E-state index contributed by atoms with van der Waals surface area (Å²) < 4.78 is 5.46. The lowest BCUT2D eigenvalue weighted by Crippen LogP contribution is -2.29. The Labute approximate surface area is 128 Å². The molecule has 0 radical (unpaired) electrons. The van der Waals surface area contributed by atoms with Crippen molar-refractivity contribution >= 4 is 17.3 Å². The standard InChI is InChI=1S/C16H27ClN2O/c1-4-15(18)11-13-7-8-14(17)12-16(13)19(5-2)9-10-20-6-3/h7-8,12,15H,4-6,9-11,18H2,1-3H3. The number of nitrogens with zero attached hydrogens (tertiary/aromatic N) is 1. The van der Waals surface area contributed by atoms with Gasteiger partial charge >= 0.3 is 0 Å². The Morgan fingerprint density at radius 1 is 1.30 bits per heavy atom. The highest BCUT2D eigenvalue weighted by Gasteiger charge is 2.12. The van der Waals surface area contributed by atoms with Gasteiger partial charge in [0.2, 0.25) is 0 Å². The molecule has 0 spiro atoms. The minimum absolute atomic E-state index is 0.195. The third-order valence-electron chi connectivity index (χ3n) is 3.49. The summed E-state index contributed by atoms with van der Waals surface area (Å²) in [6.45, 7) is 9.57. The van der Waals surface area contributed by atoms with Gasteiger partial charge in [-0.05, 0) is 44.4 Å². The molecular formula is C16H27ClN2O. The number of halogens is 1. The van der Waals surface area contributed by atoms with E-state index >= 15 is 0 Å². The Hall–Kier alpha value is -0.770. The summed E-state index contributed by atoms with van der Waals surface area (Å²) in [6.07, 6.45) is 1.86. The lowest BCUT2D eigenvalue weighted by atomic mass is 10.0. The third-order valence-corrected chi connectivity index (χ3v) is 3.72. The monoisotopic (exact) mass is 298 g/mol. The molecule has 0 aliphatic rings. The molecule has 0 saturated carbocycles. The minimum Gasteiger partial charge on any atom is -0.380 e. The third kappa shape index (κ3) is 5.31. The van der Waals surface area contributed by atoms with Crippen molar-refractivity contribution in [1.82, 2.24) is 0 Å². The molecule has 0 heterocycles. The summed E-state index contributed by atoms with van der Waals surface area (Å²) in [5.74, 6) is 0. The van der Waals surface area contributed by atoms with Crippen LogP contribution < -0.4 is 10.6 Å². The Balaban J connectivity index is 2.90. The summed E-state index contributed by atoms with van der Waals surface area (Å²) >= 11 is 6.16. The van der Waals surface area contributed by atoms with Crippen molar-refractivity contribution in [2.75, 3.05) is 31.2 Å². The van der Waals surface area contributed by atoms with Crippen LogP contribution >= 0.6 is 11.6 Å². The van der Waals surface area contributed by atoms with Crippen molar-refractivity contribution in [2.45, 2.75) is 39.7 Å². The first-order valence-corrected chi connectivity index (χ1v) is 7.86. The van der Waals surface area contributed by atoms with Gasteiger partial charge in [-0.25, -0.2) is 0 Å². The fraction of sp³-hybridized carbons (Fsp3) is 0.625. The summed E-state index contributed by atoms with van der Waals surface area (Å²) in [5, 5.41) is 0.767. The Kier molecular flexibility index (Phi) is 7.97. The number of hydrogen-bond acceptors (Lipinski definition) is 3. The van der Waals surface area contributed by atoms with E-state index in [4.69, 9.17) is 22.1 Å². The molecule has 1 atom stereocenters. The quantitative estimate of drug-likeness (QED) is 0.709. The molecule has 1 unspecified atom stereocenters. The number of hydrogen-bond donors (Lipinski definition) is 1. The molecule has 0 fully saturated rings. The SMILES string of the molecule is CCOCCN(CC)c1cc(Cl)ccc1CC(N)CC. The normalized spacial score (nSPS) is 12.4.